The third-order valence-corrected chi connectivity index (χ3v) is 4.34. The molecule has 4 nitrogen and oxygen atoms in total. The standard InChI is InChI=1S/C14H18N4/c15-14(6-1-2-7-14)13-17-11-9-16-8-5-12(11)18(13)10-3-4-10/h5,8-10H,1-4,6-7,15H2. The third-order valence-electron chi connectivity index (χ3n) is 4.34. The average Bonchev–Trinajstić information content (AvgIpc) is 2.99. The first-order valence-corrected chi connectivity index (χ1v) is 6.89. The van der Waals surface area contributed by atoms with E-state index in [1.54, 1.807) is 0 Å². The van der Waals surface area contributed by atoms with Gasteiger partial charge in [0.05, 0.1) is 17.3 Å². The topological polar surface area (TPSA) is 56.7 Å². The van der Waals surface area contributed by atoms with Crippen molar-refractivity contribution in [3.05, 3.63) is 24.3 Å². The Morgan fingerprint density at radius 1 is 1.28 bits per heavy atom. The van der Waals surface area contributed by atoms with Crippen LogP contribution in [0.25, 0.3) is 11.0 Å². The van der Waals surface area contributed by atoms with Gasteiger partial charge in [-0.1, -0.05) is 12.8 Å². The zero-order valence-corrected chi connectivity index (χ0v) is 10.5. The first kappa shape index (κ1) is 10.5. The van der Waals surface area contributed by atoms with Gasteiger partial charge in [-0.15, -0.1) is 0 Å². The molecule has 4 rings (SSSR count). The molecule has 0 spiro atoms. The molecule has 2 aliphatic carbocycles. The number of rotatable bonds is 2. The van der Waals surface area contributed by atoms with Crippen LogP contribution in [-0.2, 0) is 5.54 Å². The number of hydrogen-bond donors (Lipinski definition) is 1. The van der Waals surface area contributed by atoms with Crippen LogP contribution >= 0.6 is 0 Å². The molecule has 2 heterocycles. The molecule has 0 aliphatic heterocycles. The lowest BCUT2D eigenvalue weighted by Gasteiger charge is -2.24. The number of pyridine rings is 1. The van der Waals surface area contributed by atoms with Crippen LogP contribution in [0.2, 0.25) is 0 Å². The summed E-state index contributed by atoms with van der Waals surface area (Å²) in [6.45, 7) is 0. The minimum atomic E-state index is -0.207. The minimum absolute atomic E-state index is 0.207. The monoisotopic (exact) mass is 242 g/mol. The van der Waals surface area contributed by atoms with Gasteiger partial charge in [-0.3, -0.25) is 4.98 Å². The van der Waals surface area contributed by atoms with Gasteiger partial charge in [0.25, 0.3) is 0 Å². The Labute approximate surface area is 106 Å². The maximum Gasteiger partial charge on any atom is 0.130 e. The largest absolute Gasteiger partial charge is 0.323 e. The zero-order valence-electron chi connectivity index (χ0n) is 10.5. The van der Waals surface area contributed by atoms with E-state index in [1.165, 1.54) is 31.2 Å². The predicted octanol–water partition coefficient (Wildman–Crippen LogP) is 2.49. The summed E-state index contributed by atoms with van der Waals surface area (Å²) in [6, 6.07) is 2.69. The summed E-state index contributed by atoms with van der Waals surface area (Å²) < 4.78 is 2.39. The SMILES string of the molecule is NC1(c2nc3cnccc3n2C2CC2)CCCC1. The minimum Gasteiger partial charge on any atom is -0.323 e. The second kappa shape index (κ2) is 3.54. The highest BCUT2D eigenvalue weighted by Gasteiger charge is 2.39. The van der Waals surface area contributed by atoms with Gasteiger partial charge in [-0.25, -0.2) is 4.98 Å². The summed E-state index contributed by atoms with van der Waals surface area (Å²) >= 11 is 0. The molecule has 0 radical (unpaired) electrons. The quantitative estimate of drug-likeness (QED) is 0.880. The maximum atomic E-state index is 6.61. The molecule has 0 unspecified atom stereocenters. The molecule has 2 aromatic heterocycles. The molecule has 2 aromatic rings. The van der Waals surface area contributed by atoms with Crippen molar-refractivity contribution in [2.75, 3.05) is 0 Å². The van der Waals surface area contributed by atoms with E-state index in [0.717, 1.165) is 24.2 Å². The van der Waals surface area contributed by atoms with Crippen molar-refractivity contribution in [3.8, 4) is 0 Å². The van der Waals surface area contributed by atoms with Crippen LogP contribution in [0.3, 0.4) is 0 Å². The van der Waals surface area contributed by atoms with Gasteiger partial charge in [0.2, 0.25) is 0 Å². The van der Waals surface area contributed by atoms with E-state index in [4.69, 9.17) is 10.7 Å². The van der Waals surface area contributed by atoms with Crippen LogP contribution in [0, 0.1) is 0 Å². The van der Waals surface area contributed by atoms with Gasteiger partial charge >= 0.3 is 0 Å². The lowest BCUT2D eigenvalue weighted by Crippen LogP contribution is -2.36. The molecule has 4 heteroatoms. The second-order valence-corrected chi connectivity index (χ2v) is 5.76. The first-order valence-electron chi connectivity index (χ1n) is 6.89. The fourth-order valence-corrected chi connectivity index (χ4v) is 3.23. The van der Waals surface area contributed by atoms with Crippen molar-refractivity contribution in [2.45, 2.75) is 50.1 Å². The van der Waals surface area contributed by atoms with Crippen molar-refractivity contribution < 1.29 is 0 Å². The summed E-state index contributed by atoms with van der Waals surface area (Å²) in [7, 11) is 0. The number of nitrogens with zero attached hydrogens (tertiary/aromatic N) is 3. The summed E-state index contributed by atoms with van der Waals surface area (Å²) in [5, 5.41) is 0. The van der Waals surface area contributed by atoms with Crippen LogP contribution < -0.4 is 5.73 Å². The van der Waals surface area contributed by atoms with E-state index in [9.17, 15) is 0 Å². The van der Waals surface area contributed by atoms with Crippen LogP contribution in [0.15, 0.2) is 18.5 Å². The molecule has 18 heavy (non-hydrogen) atoms. The smallest absolute Gasteiger partial charge is 0.130 e. The van der Waals surface area contributed by atoms with E-state index >= 15 is 0 Å². The molecular formula is C14H18N4. The van der Waals surface area contributed by atoms with E-state index in [0.29, 0.717) is 6.04 Å². The molecule has 0 bridgehead atoms. The van der Waals surface area contributed by atoms with E-state index in [-0.39, 0.29) is 5.54 Å². The van der Waals surface area contributed by atoms with Crippen molar-refractivity contribution in [1.29, 1.82) is 0 Å². The van der Waals surface area contributed by atoms with Crippen molar-refractivity contribution in [3.63, 3.8) is 0 Å². The number of nitrogens with two attached hydrogens (primary N) is 1. The molecule has 2 saturated carbocycles. The molecule has 0 amide bonds. The van der Waals surface area contributed by atoms with Crippen LogP contribution in [0.1, 0.15) is 50.4 Å². The first-order chi connectivity index (χ1) is 8.78. The van der Waals surface area contributed by atoms with E-state index in [1.807, 2.05) is 12.4 Å². The van der Waals surface area contributed by atoms with Gasteiger partial charge < -0.3 is 10.3 Å². The molecule has 2 fully saturated rings. The molecule has 2 N–H and O–H groups in total. The Balaban J connectivity index is 1.96. The van der Waals surface area contributed by atoms with Crippen molar-refractivity contribution in [1.82, 2.24) is 14.5 Å². The average molecular weight is 242 g/mol. The zero-order chi connectivity index (χ0) is 12.2. The van der Waals surface area contributed by atoms with Gasteiger partial charge in [-0.2, -0.15) is 0 Å². The molecule has 0 aromatic carbocycles. The predicted molar refractivity (Wildman–Crippen MR) is 70.1 cm³/mol. The highest BCUT2D eigenvalue weighted by atomic mass is 15.2. The Bertz CT molecular complexity index is 591. The fraction of sp³-hybridized carbons (Fsp3) is 0.571. The maximum absolute atomic E-state index is 6.61. The normalized spacial score (nSPS) is 22.7. The summed E-state index contributed by atoms with van der Waals surface area (Å²) in [4.78, 5) is 8.98. The molecule has 0 atom stereocenters. The number of imidazole rings is 1. The van der Waals surface area contributed by atoms with E-state index < -0.39 is 0 Å². The summed E-state index contributed by atoms with van der Waals surface area (Å²) in [5.74, 6) is 1.10. The second-order valence-electron chi connectivity index (χ2n) is 5.76. The van der Waals surface area contributed by atoms with Gasteiger partial charge in [0, 0.05) is 12.2 Å². The van der Waals surface area contributed by atoms with Crippen molar-refractivity contribution >= 4 is 11.0 Å². The fourth-order valence-electron chi connectivity index (χ4n) is 3.23. The highest BCUT2D eigenvalue weighted by molar-refractivity contribution is 5.75. The Kier molecular flexibility index (Phi) is 2.07. The molecule has 0 saturated heterocycles. The lowest BCUT2D eigenvalue weighted by molar-refractivity contribution is 0.411. The van der Waals surface area contributed by atoms with Gasteiger partial charge in [-0.05, 0) is 31.7 Å². The van der Waals surface area contributed by atoms with Gasteiger partial charge in [0.1, 0.15) is 11.3 Å². The highest BCUT2D eigenvalue weighted by Crippen LogP contribution is 2.44. The Morgan fingerprint density at radius 3 is 2.78 bits per heavy atom. The van der Waals surface area contributed by atoms with E-state index in [2.05, 4.69) is 15.6 Å². The Morgan fingerprint density at radius 2 is 2.06 bits per heavy atom. The van der Waals surface area contributed by atoms with Crippen LogP contribution in [-0.4, -0.2) is 14.5 Å². The van der Waals surface area contributed by atoms with Crippen molar-refractivity contribution in [2.24, 2.45) is 5.73 Å². The number of fused-ring (bicyclic) bond motifs is 1. The molecular weight excluding hydrogens is 224 g/mol. The van der Waals surface area contributed by atoms with Crippen LogP contribution in [0.5, 0.6) is 0 Å². The summed E-state index contributed by atoms with van der Waals surface area (Å²) in [6.07, 6.45) is 10.8. The number of hydrogen-bond acceptors (Lipinski definition) is 3. The summed E-state index contributed by atoms with van der Waals surface area (Å²) in [5.41, 5.74) is 8.60. The number of aromatic nitrogens is 3. The Hall–Kier alpha value is -1.42. The van der Waals surface area contributed by atoms with Crippen LogP contribution in [0.4, 0.5) is 0 Å². The molecule has 2 aliphatic rings. The lowest BCUT2D eigenvalue weighted by atomic mass is 9.98. The third kappa shape index (κ3) is 1.42. The molecule has 94 valence electrons. The van der Waals surface area contributed by atoms with Gasteiger partial charge in [0.15, 0.2) is 0 Å².